The number of carbonyl (C=O) groups is 1. The molecule has 4 heteroatoms. The number of aliphatic hydroxyl groups excluding tert-OH is 1. The topological polar surface area (TPSA) is 49.3 Å². The van der Waals surface area contributed by atoms with E-state index in [1.165, 1.54) is 0 Å². The van der Waals surface area contributed by atoms with Crippen LogP contribution in [0.25, 0.3) is 0 Å². The number of hydrogen-bond donors (Lipinski definition) is 2. The fourth-order valence-electron chi connectivity index (χ4n) is 1.89. The maximum Gasteiger partial charge on any atom is 0.220 e. The Kier molecular flexibility index (Phi) is 6.89. The number of halogens is 1. The zero-order valence-electron chi connectivity index (χ0n) is 11.5. The Morgan fingerprint density at radius 1 is 1.32 bits per heavy atom. The van der Waals surface area contributed by atoms with Crippen molar-refractivity contribution >= 4 is 17.5 Å². The first kappa shape index (κ1) is 16.0. The summed E-state index contributed by atoms with van der Waals surface area (Å²) < 4.78 is 0. The highest BCUT2D eigenvalue weighted by Crippen LogP contribution is 2.16. The van der Waals surface area contributed by atoms with Crippen molar-refractivity contribution in [2.75, 3.05) is 0 Å². The fraction of sp³-hybridized carbons (Fsp3) is 0.533. The number of amides is 1. The average Bonchev–Trinajstić information content (AvgIpc) is 2.38. The largest absolute Gasteiger partial charge is 0.386 e. The molecule has 2 N–H and O–H groups in total. The zero-order valence-corrected chi connectivity index (χ0v) is 12.2. The summed E-state index contributed by atoms with van der Waals surface area (Å²) in [6.07, 6.45) is 1.36. The summed E-state index contributed by atoms with van der Waals surface area (Å²) in [5, 5.41) is 13.0. The molecule has 1 rings (SSSR count). The summed E-state index contributed by atoms with van der Waals surface area (Å²) in [4.78, 5) is 11.7. The maximum atomic E-state index is 11.7. The van der Waals surface area contributed by atoms with Crippen molar-refractivity contribution in [3.63, 3.8) is 0 Å². The van der Waals surface area contributed by atoms with Gasteiger partial charge < -0.3 is 10.4 Å². The molecule has 106 valence electrons. The van der Waals surface area contributed by atoms with E-state index in [0.717, 1.165) is 18.4 Å². The number of rotatable bonds is 7. The molecule has 0 saturated carbocycles. The van der Waals surface area contributed by atoms with Crippen molar-refractivity contribution in [2.45, 2.75) is 50.6 Å². The summed E-state index contributed by atoms with van der Waals surface area (Å²) in [5.74, 6) is -0.0419. The number of carbonyl (C=O) groups excluding carboxylic acids is 1. The third-order valence-electron chi connectivity index (χ3n) is 3.01. The Hall–Kier alpha value is -1.06. The van der Waals surface area contributed by atoms with Gasteiger partial charge in [0, 0.05) is 11.8 Å². The number of nitrogens with one attached hydrogen (secondary N) is 1. The predicted octanol–water partition coefficient (Wildman–Crippen LogP) is 3.02. The van der Waals surface area contributed by atoms with Crippen LogP contribution in [-0.4, -0.2) is 22.4 Å². The van der Waals surface area contributed by atoms with Crippen LogP contribution in [0, 0.1) is 0 Å². The first-order chi connectivity index (χ1) is 9.00. The molecule has 0 aliphatic rings. The molecule has 0 heterocycles. The number of benzene rings is 1. The molecule has 0 radical (unpaired) electrons. The van der Waals surface area contributed by atoms with Crippen molar-refractivity contribution < 1.29 is 9.90 Å². The summed E-state index contributed by atoms with van der Waals surface area (Å²) in [5.41, 5.74) is 0.810. The number of hydrogen-bond acceptors (Lipinski definition) is 2. The highest BCUT2D eigenvalue weighted by molar-refractivity contribution is 6.20. The normalized spacial score (nSPS) is 15.6. The van der Waals surface area contributed by atoms with Gasteiger partial charge in [-0.05, 0) is 32.3 Å². The van der Waals surface area contributed by atoms with Gasteiger partial charge in [-0.3, -0.25) is 4.79 Å². The standard InChI is InChI=1S/C15H22ClNO2/c1-11(16)7-6-10-14(18)17-12(2)15(19)13-8-4-3-5-9-13/h3-5,8-9,11-12,15,19H,6-7,10H2,1-2H3,(H,17,18). The highest BCUT2D eigenvalue weighted by atomic mass is 35.5. The Morgan fingerprint density at radius 2 is 1.95 bits per heavy atom. The second-order valence-electron chi connectivity index (χ2n) is 4.88. The van der Waals surface area contributed by atoms with Crippen molar-refractivity contribution in [3.8, 4) is 0 Å². The minimum Gasteiger partial charge on any atom is -0.386 e. The molecule has 19 heavy (non-hydrogen) atoms. The maximum absolute atomic E-state index is 11.7. The van der Waals surface area contributed by atoms with E-state index in [9.17, 15) is 9.90 Å². The van der Waals surface area contributed by atoms with Gasteiger partial charge in [0.15, 0.2) is 0 Å². The Morgan fingerprint density at radius 3 is 2.53 bits per heavy atom. The van der Waals surface area contributed by atoms with Crippen molar-refractivity contribution in [2.24, 2.45) is 0 Å². The van der Waals surface area contributed by atoms with Gasteiger partial charge in [0.25, 0.3) is 0 Å². The van der Waals surface area contributed by atoms with E-state index in [0.29, 0.717) is 6.42 Å². The van der Waals surface area contributed by atoms with Gasteiger partial charge in [-0.15, -0.1) is 11.6 Å². The third kappa shape index (κ3) is 6.08. The van der Waals surface area contributed by atoms with Crippen LogP contribution in [0.1, 0.15) is 44.8 Å². The lowest BCUT2D eigenvalue weighted by molar-refractivity contribution is -0.122. The van der Waals surface area contributed by atoms with Crippen LogP contribution >= 0.6 is 11.6 Å². The van der Waals surface area contributed by atoms with Gasteiger partial charge in [0.05, 0.1) is 12.1 Å². The van der Waals surface area contributed by atoms with Crippen molar-refractivity contribution in [1.29, 1.82) is 0 Å². The molecule has 0 fully saturated rings. The van der Waals surface area contributed by atoms with Gasteiger partial charge in [-0.2, -0.15) is 0 Å². The minimum atomic E-state index is -0.683. The van der Waals surface area contributed by atoms with E-state index in [-0.39, 0.29) is 17.3 Å². The monoisotopic (exact) mass is 283 g/mol. The fourth-order valence-corrected chi connectivity index (χ4v) is 2.04. The lowest BCUT2D eigenvalue weighted by Gasteiger charge is -2.20. The average molecular weight is 284 g/mol. The molecule has 0 spiro atoms. The second-order valence-corrected chi connectivity index (χ2v) is 5.63. The Bertz CT molecular complexity index is 381. The molecule has 0 aliphatic heterocycles. The molecule has 3 atom stereocenters. The van der Waals surface area contributed by atoms with E-state index in [4.69, 9.17) is 11.6 Å². The van der Waals surface area contributed by atoms with E-state index in [1.54, 1.807) is 6.92 Å². The van der Waals surface area contributed by atoms with Crippen LogP contribution in [0.15, 0.2) is 30.3 Å². The molecular weight excluding hydrogens is 262 g/mol. The SMILES string of the molecule is CC(Cl)CCCC(=O)NC(C)C(O)c1ccccc1. The minimum absolute atomic E-state index is 0.0419. The van der Waals surface area contributed by atoms with Crippen LogP contribution in [0.4, 0.5) is 0 Å². The van der Waals surface area contributed by atoms with Crippen molar-refractivity contribution in [3.05, 3.63) is 35.9 Å². The molecule has 3 nitrogen and oxygen atoms in total. The van der Waals surface area contributed by atoms with Crippen LogP contribution in [-0.2, 0) is 4.79 Å². The van der Waals surface area contributed by atoms with E-state index >= 15 is 0 Å². The van der Waals surface area contributed by atoms with E-state index in [2.05, 4.69) is 5.32 Å². The quantitative estimate of drug-likeness (QED) is 0.756. The van der Waals surface area contributed by atoms with Gasteiger partial charge in [0.1, 0.15) is 0 Å². The lowest BCUT2D eigenvalue weighted by Crippen LogP contribution is -2.36. The van der Waals surface area contributed by atoms with Crippen LogP contribution in [0.3, 0.4) is 0 Å². The van der Waals surface area contributed by atoms with E-state index in [1.807, 2.05) is 37.3 Å². The second kappa shape index (κ2) is 8.18. The first-order valence-corrected chi connectivity index (χ1v) is 7.10. The number of aliphatic hydroxyl groups is 1. The first-order valence-electron chi connectivity index (χ1n) is 6.67. The molecule has 1 aromatic carbocycles. The number of alkyl halides is 1. The third-order valence-corrected chi connectivity index (χ3v) is 3.23. The highest BCUT2D eigenvalue weighted by Gasteiger charge is 2.17. The molecule has 0 saturated heterocycles. The molecular formula is C15H22ClNO2. The molecule has 3 unspecified atom stereocenters. The van der Waals surface area contributed by atoms with Gasteiger partial charge in [-0.1, -0.05) is 30.3 Å². The Balaban J connectivity index is 2.37. The molecule has 0 bridgehead atoms. The zero-order chi connectivity index (χ0) is 14.3. The van der Waals surface area contributed by atoms with Gasteiger partial charge in [0.2, 0.25) is 5.91 Å². The van der Waals surface area contributed by atoms with Crippen molar-refractivity contribution in [1.82, 2.24) is 5.32 Å². The van der Waals surface area contributed by atoms with Crippen LogP contribution in [0.5, 0.6) is 0 Å². The smallest absolute Gasteiger partial charge is 0.220 e. The lowest BCUT2D eigenvalue weighted by atomic mass is 10.0. The summed E-state index contributed by atoms with van der Waals surface area (Å²) in [7, 11) is 0. The molecule has 1 aromatic rings. The van der Waals surface area contributed by atoms with Gasteiger partial charge in [-0.25, -0.2) is 0 Å². The van der Waals surface area contributed by atoms with Crippen LogP contribution < -0.4 is 5.32 Å². The molecule has 1 amide bonds. The molecule has 0 aromatic heterocycles. The molecule has 0 aliphatic carbocycles. The summed E-state index contributed by atoms with van der Waals surface area (Å²) >= 11 is 5.83. The summed E-state index contributed by atoms with van der Waals surface area (Å²) in [6.45, 7) is 3.72. The van der Waals surface area contributed by atoms with Gasteiger partial charge >= 0.3 is 0 Å². The Labute approximate surface area is 120 Å². The van der Waals surface area contributed by atoms with Crippen LogP contribution in [0.2, 0.25) is 0 Å². The predicted molar refractivity (Wildman–Crippen MR) is 78.2 cm³/mol. The summed E-state index contributed by atoms with van der Waals surface area (Å²) in [6, 6.07) is 9.03. The van der Waals surface area contributed by atoms with E-state index < -0.39 is 6.10 Å².